The average molecular weight is 226 g/mol. The topological polar surface area (TPSA) is 29.3 Å². The van der Waals surface area contributed by atoms with Crippen LogP contribution >= 0.6 is 11.3 Å². The fourth-order valence-electron chi connectivity index (χ4n) is 2.02. The second-order valence-electron chi connectivity index (χ2n) is 4.71. The quantitative estimate of drug-likeness (QED) is 0.808. The van der Waals surface area contributed by atoms with E-state index in [1.165, 1.54) is 5.56 Å². The lowest BCUT2D eigenvalue weighted by molar-refractivity contribution is 0.241. The molecule has 0 spiro atoms. The lowest BCUT2D eigenvalue weighted by Crippen LogP contribution is -2.46. The summed E-state index contributed by atoms with van der Waals surface area (Å²) in [6, 6.07) is 2.18. The summed E-state index contributed by atoms with van der Waals surface area (Å²) in [5.74, 6) is 0. The Bertz CT molecular complexity index is 267. The first-order chi connectivity index (χ1) is 7.03. The van der Waals surface area contributed by atoms with E-state index in [4.69, 9.17) is 5.73 Å². The maximum Gasteiger partial charge on any atom is 0.0254 e. The molecular weight excluding hydrogens is 204 g/mol. The minimum Gasteiger partial charge on any atom is -0.324 e. The van der Waals surface area contributed by atoms with Gasteiger partial charge in [0.2, 0.25) is 0 Å². The first-order valence-corrected chi connectivity index (χ1v) is 6.46. The van der Waals surface area contributed by atoms with Gasteiger partial charge in [-0.2, -0.15) is 11.3 Å². The van der Waals surface area contributed by atoms with Crippen LogP contribution in [0.2, 0.25) is 0 Å². The third kappa shape index (κ3) is 4.78. The standard InChI is InChI=1S/C12H22N2S/c1-4-6-12(2,13)10-14(3)8-11-5-7-15-9-11/h5,7,9H,4,6,8,10,13H2,1-3H3. The van der Waals surface area contributed by atoms with Crippen LogP contribution < -0.4 is 5.73 Å². The van der Waals surface area contributed by atoms with Crippen LogP contribution in [0.3, 0.4) is 0 Å². The summed E-state index contributed by atoms with van der Waals surface area (Å²) in [5, 5.41) is 4.32. The molecule has 1 rings (SSSR count). The molecule has 0 aliphatic rings. The molecule has 1 heterocycles. The number of rotatable bonds is 6. The Kier molecular flexibility index (Phi) is 4.77. The Morgan fingerprint density at radius 2 is 2.27 bits per heavy atom. The van der Waals surface area contributed by atoms with E-state index >= 15 is 0 Å². The van der Waals surface area contributed by atoms with Crippen LogP contribution in [0.4, 0.5) is 0 Å². The summed E-state index contributed by atoms with van der Waals surface area (Å²) in [6.45, 7) is 6.28. The number of nitrogens with two attached hydrogens (primary N) is 1. The zero-order valence-electron chi connectivity index (χ0n) is 9.99. The molecule has 15 heavy (non-hydrogen) atoms. The van der Waals surface area contributed by atoms with Crippen LogP contribution in [-0.4, -0.2) is 24.0 Å². The SMILES string of the molecule is CCCC(C)(N)CN(C)Cc1ccsc1. The van der Waals surface area contributed by atoms with Gasteiger partial charge < -0.3 is 10.6 Å². The third-order valence-corrected chi connectivity index (χ3v) is 3.22. The van der Waals surface area contributed by atoms with Crippen LogP contribution in [0, 0.1) is 0 Å². The lowest BCUT2D eigenvalue weighted by atomic mass is 9.97. The van der Waals surface area contributed by atoms with Crippen molar-refractivity contribution in [2.45, 2.75) is 38.8 Å². The molecule has 0 saturated heterocycles. The summed E-state index contributed by atoms with van der Waals surface area (Å²) in [6.07, 6.45) is 2.24. The first-order valence-electron chi connectivity index (χ1n) is 5.52. The molecule has 2 nitrogen and oxygen atoms in total. The van der Waals surface area contributed by atoms with Gasteiger partial charge in [-0.25, -0.2) is 0 Å². The van der Waals surface area contributed by atoms with E-state index < -0.39 is 0 Å². The maximum atomic E-state index is 6.22. The number of likely N-dealkylation sites (N-methyl/N-ethyl adjacent to an activating group) is 1. The van der Waals surface area contributed by atoms with Gasteiger partial charge in [-0.15, -0.1) is 0 Å². The van der Waals surface area contributed by atoms with Gasteiger partial charge in [0.1, 0.15) is 0 Å². The summed E-state index contributed by atoms with van der Waals surface area (Å²) >= 11 is 1.75. The van der Waals surface area contributed by atoms with Gasteiger partial charge in [-0.1, -0.05) is 13.3 Å². The van der Waals surface area contributed by atoms with E-state index in [1.54, 1.807) is 11.3 Å². The van der Waals surface area contributed by atoms with Crippen molar-refractivity contribution in [1.29, 1.82) is 0 Å². The van der Waals surface area contributed by atoms with Crippen molar-refractivity contribution in [1.82, 2.24) is 4.90 Å². The average Bonchev–Trinajstić information content (AvgIpc) is 2.54. The van der Waals surface area contributed by atoms with Crippen molar-refractivity contribution in [2.75, 3.05) is 13.6 Å². The van der Waals surface area contributed by atoms with E-state index in [0.717, 1.165) is 25.9 Å². The molecular formula is C12H22N2S. The molecule has 1 aromatic heterocycles. The zero-order valence-corrected chi connectivity index (χ0v) is 10.8. The highest BCUT2D eigenvalue weighted by Gasteiger charge is 2.19. The van der Waals surface area contributed by atoms with Gasteiger partial charge in [-0.05, 0) is 42.8 Å². The minimum atomic E-state index is -0.0560. The van der Waals surface area contributed by atoms with Crippen LogP contribution in [-0.2, 0) is 6.54 Å². The Morgan fingerprint density at radius 3 is 2.80 bits per heavy atom. The predicted molar refractivity (Wildman–Crippen MR) is 68.2 cm³/mol. The fourth-order valence-corrected chi connectivity index (χ4v) is 2.68. The zero-order chi connectivity index (χ0) is 11.3. The van der Waals surface area contributed by atoms with Crippen LogP contribution in [0.25, 0.3) is 0 Å². The molecule has 0 fully saturated rings. The molecule has 0 saturated carbocycles. The largest absolute Gasteiger partial charge is 0.324 e. The summed E-state index contributed by atoms with van der Waals surface area (Å²) in [4.78, 5) is 2.30. The van der Waals surface area contributed by atoms with Crippen molar-refractivity contribution >= 4 is 11.3 Å². The van der Waals surface area contributed by atoms with E-state index in [0.29, 0.717) is 0 Å². The van der Waals surface area contributed by atoms with E-state index in [1.807, 2.05) is 0 Å². The molecule has 1 atom stereocenters. The summed E-state index contributed by atoms with van der Waals surface area (Å²) in [5.41, 5.74) is 7.55. The van der Waals surface area contributed by atoms with E-state index in [2.05, 4.69) is 42.6 Å². The molecule has 0 aliphatic heterocycles. The highest BCUT2D eigenvalue weighted by atomic mass is 32.1. The van der Waals surface area contributed by atoms with Crippen molar-refractivity contribution in [3.8, 4) is 0 Å². The molecule has 0 amide bonds. The van der Waals surface area contributed by atoms with Gasteiger partial charge in [0.25, 0.3) is 0 Å². The number of hydrogen-bond acceptors (Lipinski definition) is 3. The van der Waals surface area contributed by atoms with Gasteiger partial charge in [0, 0.05) is 18.6 Å². The van der Waals surface area contributed by atoms with Crippen molar-refractivity contribution in [3.63, 3.8) is 0 Å². The molecule has 0 radical (unpaired) electrons. The molecule has 1 aromatic rings. The Balaban J connectivity index is 2.38. The smallest absolute Gasteiger partial charge is 0.0254 e. The monoisotopic (exact) mass is 226 g/mol. The highest BCUT2D eigenvalue weighted by Crippen LogP contribution is 2.13. The number of hydrogen-bond donors (Lipinski definition) is 1. The highest BCUT2D eigenvalue weighted by molar-refractivity contribution is 7.07. The van der Waals surface area contributed by atoms with Crippen molar-refractivity contribution in [2.24, 2.45) is 5.73 Å². The van der Waals surface area contributed by atoms with Gasteiger partial charge in [-0.3, -0.25) is 0 Å². The van der Waals surface area contributed by atoms with Gasteiger partial charge in [0.15, 0.2) is 0 Å². The van der Waals surface area contributed by atoms with Gasteiger partial charge in [0.05, 0.1) is 0 Å². The Hall–Kier alpha value is -0.380. The number of thiophene rings is 1. The summed E-state index contributed by atoms with van der Waals surface area (Å²) in [7, 11) is 2.14. The molecule has 86 valence electrons. The molecule has 2 N–H and O–H groups in total. The van der Waals surface area contributed by atoms with E-state index in [9.17, 15) is 0 Å². The summed E-state index contributed by atoms with van der Waals surface area (Å²) < 4.78 is 0. The second kappa shape index (κ2) is 5.64. The number of nitrogens with zero attached hydrogens (tertiary/aromatic N) is 1. The van der Waals surface area contributed by atoms with E-state index in [-0.39, 0.29) is 5.54 Å². The maximum absolute atomic E-state index is 6.22. The first kappa shape index (κ1) is 12.7. The molecule has 0 aliphatic carbocycles. The van der Waals surface area contributed by atoms with Gasteiger partial charge >= 0.3 is 0 Å². The minimum absolute atomic E-state index is 0.0560. The predicted octanol–water partition coefficient (Wildman–Crippen LogP) is 2.70. The lowest BCUT2D eigenvalue weighted by Gasteiger charge is -2.29. The van der Waals surface area contributed by atoms with Crippen LogP contribution in [0.15, 0.2) is 16.8 Å². The van der Waals surface area contributed by atoms with Crippen LogP contribution in [0.5, 0.6) is 0 Å². The Labute approximate surface area is 97.1 Å². The molecule has 3 heteroatoms. The van der Waals surface area contributed by atoms with Crippen LogP contribution in [0.1, 0.15) is 32.3 Å². The van der Waals surface area contributed by atoms with Crippen molar-refractivity contribution < 1.29 is 0 Å². The molecule has 1 unspecified atom stereocenters. The Morgan fingerprint density at radius 1 is 1.53 bits per heavy atom. The molecule has 0 bridgehead atoms. The third-order valence-electron chi connectivity index (χ3n) is 2.48. The molecule has 0 aromatic carbocycles. The van der Waals surface area contributed by atoms with Crippen molar-refractivity contribution in [3.05, 3.63) is 22.4 Å². The second-order valence-corrected chi connectivity index (χ2v) is 5.49. The fraction of sp³-hybridized carbons (Fsp3) is 0.667. The normalized spacial score (nSPS) is 15.5.